The van der Waals surface area contributed by atoms with Gasteiger partial charge in [0.05, 0.1) is 18.6 Å². The Kier molecular flexibility index (Phi) is 4.80. The summed E-state index contributed by atoms with van der Waals surface area (Å²) >= 11 is 0. The zero-order valence-electron chi connectivity index (χ0n) is 13.5. The number of hydrogen-bond donors (Lipinski definition) is 0. The first-order chi connectivity index (χ1) is 10.2. The van der Waals surface area contributed by atoms with Gasteiger partial charge in [0.2, 0.25) is 0 Å². The van der Waals surface area contributed by atoms with Crippen molar-refractivity contribution >= 4 is 15.7 Å². The van der Waals surface area contributed by atoms with Gasteiger partial charge < -0.3 is 9.64 Å². The summed E-state index contributed by atoms with van der Waals surface area (Å²) in [4.78, 5) is 14.2. The molecule has 1 unspecified atom stereocenters. The molecule has 122 valence electrons. The predicted octanol–water partition coefficient (Wildman–Crippen LogP) is 2.08. The third kappa shape index (κ3) is 3.43. The van der Waals surface area contributed by atoms with E-state index in [4.69, 9.17) is 4.74 Å². The Morgan fingerprint density at radius 1 is 1.36 bits per heavy atom. The van der Waals surface area contributed by atoms with E-state index in [-0.39, 0.29) is 29.4 Å². The van der Waals surface area contributed by atoms with E-state index in [0.717, 1.165) is 11.3 Å². The molecule has 22 heavy (non-hydrogen) atoms. The van der Waals surface area contributed by atoms with Gasteiger partial charge >= 0.3 is 0 Å². The van der Waals surface area contributed by atoms with E-state index in [0.29, 0.717) is 12.0 Å². The molecule has 1 aromatic rings. The Bertz CT molecular complexity index is 667. The molecular formula is C16H23NO4S. The predicted molar refractivity (Wildman–Crippen MR) is 86.2 cm³/mol. The topological polar surface area (TPSA) is 63.7 Å². The molecule has 2 rings (SSSR count). The quantitative estimate of drug-likeness (QED) is 0.850. The molecule has 1 aliphatic heterocycles. The van der Waals surface area contributed by atoms with Crippen LogP contribution in [-0.2, 0) is 9.84 Å². The summed E-state index contributed by atoms with van der Waals surface area (Å²) in [6.07, 6.45) is 0.512. The Balaban J connectivity index is 2.24. The number of sulfone groups is 1. The number of carbonyl (C=O) groups is 1. The molecule has 1 heterocycles. The van der Waals surface area contributed by atoms with Crippen molar-refractivity contribution in [1.29, 1.82) is 0 Å². The second-order valence-electron chi connectivity index (χ2n) is 6.08. The van der Waals surface area contributed by atoms with Crippen LogP contribution in [0.3, 0.4) is 0 Å². The van der Waals surface area contributed by atoms with Gasteiger partial charge in [-0.1, -0.05) is 13.8 Å². The number of methoxy groups -OCH3 is 1. The van der Waals surface area contributed by atoms with Crippen LogP contribution in [0.4, 0.5) is 0 Å². The zero-order chi connectivity index (χ0) is 16.5. The fourth-order valence-corrected chi connectivity index (χ4v) is 4.54. The molecule has 1 aromatic carbocycles. The van der Waals surface area contributed by atoms with Crippen LogP contribution >= 0.6 is 0 Å². The normalized spacial score (nSPS) is 20.1. The Labute approximate surface area is 132 Å². The van der Waals surface area contributed by atoms with Crippen LogP contribution in [0, 0.1) is 0 Å². The summed E-state index contributed by atoms with van der Waals surface area (Å²) in [5, 5.41) is 0. The second kappa shape index (κ2) is 6.28. The van der Waals surface area contributed by atoms with Crippen LogP contribution in [-0.4, -0.2) is 50.9 Å². The lowest BCUT2D eigenvalue weighted by atomic mass is 9.99. The lowest BCUT2D eigenvalue weighted by Gasteiger charge is -2.24. The van der Waals surface area contributed by atoms with Crippen molar-refractivity contribution < 1.29 is 17.9 Å². The van der Waals surface area contributed by atoms with Crippen LogP contribution in [0.2, 0.25) is 0 Å². The second-order valence-corrected chi connectivity index (χ2v) is 8.31. The molecule has 0 bridgehead atoms. The van der Waals surface area contributed by atoms with E-state index in [9.17, 15) is 13.2 Å². The Morgan fingerprint density at radius 3 is 2.55 bits per heavy atom. The maximum absolute atomic E-state index is 12.6. The lowest BCUT2D eigenvalue weighted by Crippen LogP contribution is -2.37. The van der Waals surface area contributed by atoms with Crippen LogP contribution in [0.5, 0.6) is 5.75 Å². The van der Waals surface area contributed by atoms with Gasteiger partial charge in [-0.15, -0.1) is 0 Å². The van der Waals surface area contributed by atoms with Gasteiger partial charge in [0.1, 0.15) is 5.75 Å². The van der Waals surface area contributed by atoms with Gasteiger partial charge in [-0.3, -0.25) is 4.79 Å². The van der Waals surface area contributed by atoms with Crippen LogP contribution < -0.4 is 4.74 Å². The van der Waals surface area contributed by atoms with Crippen LogP contribution in [0.1, 0.15) is 42.1 Å². The first kappa shape index (κ1) is 16.8. The highest BCUT2D eigenvalue weighted by molar-refractivity contribution is 7.91. The van der Waals surface area contributed by atoms with Gasteiger partial charge in [0.25, 0.3) is 5.91 Å². The third-order valence-corrected chi connectivity index (χ3v) is 5.93. The summed E-state index contributed by atoms with van der Waals surface area (Å²) in [7, 11) is 0.281. The minimum atomic E-state index is -3.00. The van der Waals surface area contributed by atoms with E-state index in [1.807, 2.05) is 19.9 Å². The molecule has 0 radical (unpaired) electrons. The van der Waals surface area contributed by atoms with E-state index in [1.165, 1.54) is 0 Å². The average Bonchev–Trinajstić information content (AvgIpc) is 2.85. The van der Waals surface area contributed by atoms with E-state index >= 15 is 0 Å². The molecule has 1 atom stereocenters. The van der Waals surface area contributed by atoms with Gasteiger partial charge in [-0.05, 0) is 36.1 Å². The summed E-state index contributed by atoms with van der Waals surface area (Å²) < 4.78 is 28.5. The van der Waals surface area contributed by atoms with Crippen molar-refractivity contribution in [2.24, 2.45) is 0 Å². The number of benzene rings is 1. The molecule has 5 nitrogen and oxygen atoms in total. The number of amides is 1. The summed E-state index contributed by atoms with van der Waals surface area (Å²) in [6, 6.07) is 5.13. The summed E-state index contributed by atoms with van der Waals surface area (Å²) in [6.45, 7) is 4.08. The minimum Gasteiger partial charge on any atom is -0.496 e. The van der Waals surface area contributed by atoms with Crippen molar-refractivity contribution in [3.05, 3.63) is 29.3 Å². The highest BCUT2D eigenvalue weighted by Crippen LogP contribution is 2.28. The number of hydrogen-bond acceptors (Lipinski definition) is 4. The minimum absolute atomic E-state index is 0.0580. The van der Waals surface area contributed by atoms with Crippen molar-refractivity contribution in [3.8, 4) is 5.75 Å². The molecular weight excluding hydrogens is 302 g/mol. The maximum atomic E-state index is 12.6. The molecule has 1 aliphatic rings. The third-order valence-electron chi connectivity index (χ3n) is 4.18. The first-order valence-corrected chi connectivity index (χ1v) is 9.23. The number of rotatable bonds is 4. The molecule has 0 spiro atoms. The molecule has 0 aromatic heterocycles. The van der Waals surface area contributed by atoms with Crippen molar-refractivity contribution in [3.63, 3.8) is 0 Å². The molecule has 1 saturated heterocycles. The fraction of sp³-hybridized carbons (Fsp3) is 0.562. The Morgan fingerprint density at radius 2 is 2.05 bits per heavy atom. The monoisotopic (exact) mass is 325 g/mol. The fourth-order valence-electron chi connectivity index (χ4n) is 2.77. The molecule has 1 fully saturated rings. The number of ether oxygens (including phenoxy) is 1. The summed E-state index contributed by atoms with van der Waals surface area (Å²) in [5.74, 6) is 1.07. The van der Waals surface area contributed by atoms with E-state index < -0.39 is 9.84 Å². The Hall–Kier alpha value is -1.56. The van der Waals surface area contributed by atoms with Gasteiger partial charge in [0, 0.05) is 18.7 Å². The first-order valence-electron chi connectivity index (χ1n) is 7.40. The standard InChI is InChI=1S/C16H23NO4S/c1-11(2)14-9-12(5-6-15(14)21-4)16(18)17(3)13-7-8-22(19,20)10-13/h5-6,9,11,13H,7-8,10H2,1-4H3. The number of nitrogens with zero attached hydrogens (tertiary/aromatic N) is 1. The highest BCUT2D eigenvalue weighted by atomic mass is 32.2. The highest BCUT2D eigenvalue weighted by Gasteiger charge is 2.33. The van der Waals surface area contributed by atoms with Crippen molar-refractivity contribution in [2.75, 3.05) is 25.7 Å². The molecule has 6 heteroatoms. The SMILES string of the molecule is COc1ccc(C(=O)N(C)C2CCS(=O)(=O)C2)cc1C(C)C. The van der Waals surface area contributed by atoms with Gasteiger partial charge in [-0.2, -0.15) is 0 Å². The maximum Gasteiger partial charge on any atom is 0.253 e. The lowest BCUT2D eigenvalue weighted by molar-refractivity contribution is 0.0747. The van der Waals surface area contributed by atoms with Gasteiger partial charge in [-0.25, -0.2) is 8.42 Å². The van der Waals surface area contributed by atoms with Crippen LogP contribution in [0.15, 0.2) is 18.2 Å². The zero-order valence-corrected chi connectivity index (χ0v) is 14.3. The average molecular weight is 325 g/mol. The van der Waals surface area contributed by atoms with Gasteiger partial charge in [0.15, 0.2) is 9.84 Å². The van der Waals surface area contributed by atoms with Crippen molar-refractivity contribution in [2.45, 2.75) is 32.2 Å². The van der Waals surface area contributed by atoms with E-state index in [1.54, 1.807) is 31.2 Å². The van der Waals surface area contributed by atoms with Crippen LogP contribution in [0.25, 0.3) is 0 Å². The molecule has 0 N–H and O–H groups in total. The summed E-state index contributed by atoms with van der Waals surface area (Å²) in [5.41, 5.74) is 1.54. The number of carbonyl (C=O) groups excluding carboxylic acids is 1. The molecule has 0 saturated carbocycles. The smallest absolute Gasteiger partial charge is 0.253 e. The van der Waals surface area contributed by atoms with E-state index in [2.05, 4.69) is 0 Å². The largest absolute Gasteiger partial charge is 0.496 e. The molecule has 1 amide bonds. The van der Waals surface area contributed by atoms with Crippen molar-refractivity contribution in [1.82, 2.24) is 4.90 Å². The molecule has 0 aliphatic carbocycles.